The molecule has 2 aromatic rings. The van der Waals surface area contributed by atoms with Crippen LogP contribution in [0.1, 0.15) is 11.1 Å². The van der Waals surface area contributed by atoms with Crippen molar-refractivity contribution in [1.29, 1.82) is 0 Å². The van der Waals surface area contributed by atoms with Crippen LogP contribution >= 0.6 is 0 Å². The maximum absolute atomic E-state index is 11.8. The first-order chi connectivity index (χ1) is 13.1. The molecule has 0 bridgehead atoms. The SMILES string of the molecule is COc1ccc(CCNC(=O)COC(=O)/C=C/c2ccccc2)cc1OC. The highest BCUT2D eigenvalue weighted by molar-refractivity contribution is 5.89. The summed E-state index contributed by atoms with van der Waals surface area (Å²) < 4.78 is 15.4. The molecule has 0 heterocycles. The minimum atomic E-state index is -0.561. The monoisotopic (exact) mass is 369 g/mol. The van der Waals surface area contributed by atoms with Crippen LogP contribution in [0, 0.1) is 0 Å². The van der Waals surface area contributed by atoms with Crippen molar-refractivity contribution in [2.24, 2.45) is 0 Å². The topological polar surface area (TPSA) is 73.9 Å². The number of ether oxygens (including phenoxy) is 3. The minimum absolute atomic E-state index is 0.316. The van der Waals surface area contributed by atoms with Gasteiger partial charge in [0.2, 0.25) is 0 Å². The van der Waals surface area contributed by atoms with Gasteiger partial charge >= 0.3 is 5.97 Å². The summed E-state index contributed by atoms with van der Waals surface area (Å²) in [6, 6.07) is 14.9. The van der Waals surface area contributed by atoms with E-state index in [4.69, 9.17) is 14.2 Å². The molecule has 0 spiro atoms. The fourth-order valence-electron chi connectivity index (χ4n) is 2.35. The lowest BCUT2D eigenvalue weighted by molar-refractivity contribution is -0.143. The first-order valence-electron chi connectivity index (χ1n) is 8.50. The molecular weight excluding hydrogens is 346 g/mol. The fraction of sp³-hybridized carbons (Fsp3) is 0.238. The van der Waals surface area contributed by atoms with E-state index < -0.39 is 5.97 Å². The predicted octanol–water partition coefficient (Wildman–Crippen LogP) is 2.62. The van der Waals surface area contributed by atoms with Crippen LogP contribution in [0.25, 0.3) is 6.08 Å². The average molecular weight is 369 g/mol. The normalized spacial score (nSPS) is 10.4. The van der Waals surface area contributed by atoms with Gasteiger partial charge in [0.1, 0.15) is 0 Å². The van der Waals surface area contributed by atoms with Gasteiger partial charge in [0.15, 0.2) is 18.1 Å². The average Bonchev–Trinajstić information content (AvgIpc) is 2.71. The van der Waals surface area contributed by atoms with E-state index in [1.807, 2.05) is 48.5 Å². The van der Waals surface area contributed by atoms with Crippen molar-refractivity contribution in [2.75, 3.05) is 27.4 Å². The third-order valence-corrected chi connectivity index (χ3v) is 3.74. The molecule has 142 valence electrons. The summed E-state index contributed by atoms with van der Waals surface area (Å²) in [6.45, 7) is 0.107. The van der Waals surface area contributed by atoms with E-state index in [-0.39, 0.29) is 12.5 Å². The first-order valence-corrected chi connectivity index (χ1v) is 8.50. The number of nitrogens with one attached hydrogen (secondary N) is 1. The number of esters is 1. The summed E-state index contributed by atoms with van der Waals surface area (Å²) in [5.41, 5.74) is 1.88. The molecule has 6 heteroatoms. The molecule has 2 rings (SSSR count). The largest absolute Gasteiger partial charge is 0.493 e. The Labute approximate surface area is 158 Å². The van der Waals surface area contributed by atoms with Crippen LogP contribution in [-0.4, -0.2) is 39.2 Å². The highest BCUT2D eigenvalue weighted by Gasteiger charge is 2.07. The van der Waals surface area contributed by atoms with Crippen molar-refractivity contribution in [2.45, 2.75) is 6.42 Å². The van der Waals surface area contributed by atoms with Gasteiger partial charge in [-0.3, -0.25) is 4.79 Å². The molecule has 6 nitrogen and oxygen atoms in total. The van der Waals surface area contributed by atoms with Crippen molar-refractivity contribution in [3.8, 4) is 11.5 Å². The predicted molar refractivity (Wildman–Crippen MR) is 103 cm³/mol. The molecule has 0 unspecified atom stereocenters. The number of rotatable bonds is 9. The van der Waals surface area contributed by atoms with E-state index in [1.165, 1.54) is 6.08 Å². The molecule has 0 aliphatic heterocycles. The van der Waals surface area contributed by atoms with Crippen LogP contribution in [-0.2, 0) is 20.7 Å². The van der Waals surface area contributed by atoms with Gasteiger partial charge in [0.25, 0.3) is 5.91 Å². The van der Waals surface area contributed by atoms with E-state index in [0.717, 1.165) is 11.1 Å². The summed E-state index contributed by atoms with van der Waals surface area (Å²) in [4.78, 5) is 23.4. The Kier molecular flexibility index (Phi) is 7.91. The molecule has 0 fully saturated rings. The van der Waals surface area contributed by atoms with Gasteiger partial charge in [-0.2, -0.15) is 0 Å². The number of hydrogen-bond acceptors (Lipinski definition) is 5. The third-order valence-electron chi connectivity index (χ3n) is 3.74. The van der Waals surface area contributed by atoms with Crippen LogP contribution in [0.5, 0.6) is 11.5 Å². The van der Waals surface area contributed by atoms with Crippen molar-refractivity contribution in [3.63, 3.8) is 0 Å². The van der Waals surface area contributed by atoms with E-state index in [0.29, 0.717) is 24.5 Å². The minimum Gasteiger partial charge on any atom is -0.493 e. The van der Waals surface area contributed by atoms with E-state index in [1.54, 1.807) is 20.3 Å². The second kappa shape index (κ2) is 10.7. The van der Waals surface area contributed by atoms with Crippen LogP contribution in [0.4, 0.5) is 0 Å². The van der Waals surface area contributed by atoms with E-state index in [2.05, 4.69) is 5.32 Å². The van der Waals surface area contributed by atoms with Crippen LogP contribution in [0.3, 0.4) is 0 Å². The number of methoxy groups -OCH3 is 2. The molecular formula is C21H23NO5. The van der Waals surface area contributed by atoms with Gasteiger partial charge in [-0.25, -0.2) is 4.79 Å². The zero-order chi connectivity index (χ0) is 19.5. The highest BCUT2D eigenvalue weighted by Crippen LogP contribution is 2.27. The molecule has 0 radical (unpaired) electrons. The van der Waals surface area contributed by atoms with Crippen LogP contribution in [0.2, 0.25) is 0 Å². The maximum atomic E-state index is 11.8. The van der Waals surface area contributed by atoms with Crippen molar-refractivity contribution in [3.05, 3.63) is 65.7 Å². The number of amides is 1. The number of carbonyl (C=O) groups excluding carboxylic acids is 2. The molecule has 2 aromatic carbocycles. The summed E-state index contributed by atoms with van der Waals surface area (Å²) >= 11 is 0. The quantitative estimate of drug-likeness (QED) is 0.543. The number of hydrogen-bond donors (Lipinski definition) is 1. The molecule has 1 amide bonds. The summed E-state index contributed by atoms with van der Waals surface area (Å²) in [5.74, 6) is 0.382. The van der Waals surface area contributed by atoms with E-state index in [9.17, 15) is 9.59 Å². The zero-order valence-corrected chi connectivity index (χ0v) is 15.4. The number of carbonyl (C=O) groups is 2. The third kappa shape index (κ3) is 6.86. The van der Waals surface area contributed by atoms with Crippen molar-refractivity contribution < 1.29 is 23.8 Å². The second-order valence-electron chi connectivity index (χ2n) is 5.64. The smallest absolute Gasteiger partial charge is 0.331 e. The molecule has 0 aliphatic carbocycles. The lowest BCUT2D eigenvalue weighted by Gasteiger charge is -2.10. The number of benzene rings is 2. The van der Waals surface area contributed by atoms with Crippen LogP contribution < -0.4 is 14.8 Å². The van der Waals surface area contributed by atoms with Crippen molar-refractivity contribution in [1.82, 2.24) is 5.32 Å². The Morgan fingerprint density at radius 2 is 1.74 bits per heavy atom. The Morgan fingerprint density at radius 1 is 1.00 bits per heavy atom. The Morgan fingerprint density at radius 3 is 2.44 bits per heavy atom. The maximum Gasteiger partial charge on any atom is 0.331 e. The summed E-state index contributed by atoms with van der Waals surface area (Å²) in [5, 5.41) is 2.71. The molecule has 0 saturated heterocycles. The second-order valence-corrected chi connectivity index (χ2v) is 5.64. The Balaban J connectivity index is 1.70. The molecule has 27 heavy (non-hydrogen) atoms. The van der Waals surface area contributed by atoms with E-state index >= 15 is 0 Å². The molecule has 1 N–H and O–H groups in total. The summed E-state index contributed by atoms with van der Waals surface area (Å²) in [7, 11) is 3.15. The molecule has 0 aromatic heterocycles. The molecule has 0 saturated carbocycles. The van der Waals surface area contributed by atoms with Crippen molar-refractivity contribution >= 4 is 18.0 Å². The first kappa shape index (κ1) is 20.0. The van der Waals surface area contributed by atoms with Gasteiger partial charge in [-0.15, -0.1) is 0 Å². The Hall–Kier alpha value is -3.28. The summed E-state index contributed by atoms with van der Waals surface area (Å²) in [6.07, 6.45) is 3.55. The fourth-order valence-corrected chi connectivity index (χ4v) is 2.35. The molecule has 0 atom stereocenters. The molecule has 0 aliphatic rings. The Bertz CT molecular complexity index is 786. The lowest BCUT2D eigenvalue weighted by Crippen LogP contribution is -2.30. The van der Waals surface area contributed by atoms with Gasteiger partial charge in [0, 0.05) is 12.6 Å². The zero-order valence-electron chi connectivity index (χ0n) is 15.4. The highest BCUT2D eigenvalue weighted by atomic mass is 16.5. The lowest BCUT2D eigenvalue weighted by atomic mass is 10.1. The van der Waals surface area contributed by atoms with Crippen LogP contribution in [0.15, 0.2) is 54.6 Å². The van der Waals surface area contributed by atoms with Gasteiger partial charge in [0.05, 0.1) is 14.2 Å². The van der Waals surface area contributed by atoms with Gasteiger partial charge in [-0.05, 0) is 35.8 Å². The van der Waals surface area contributed by atoms with Gasteiger partial charge < -0.3 is 19.5 Å². The standard InChI is InChI=1S/C21H23NO5/c1-25-18-10-8-17(14-19(18)26-2)12-13-22-20(23)15-27-21(24)11-9-16-6-4-3-5-7-16/h3-11,14H,12-13,15H2,1-2H3,(H,22,23)/b11-9+. The van der Waals surface area contributed by atoms with Gasteiger partial charge in [-0.1, -0.05) is 36.4 Å².